The minimum atomic E-state index is -1.03. The fourth-order valence-corrected chi connectivity index (χ4v) is 8.22. The number of methoxy groups -OCH3 is 1. The van der Waals surface area contributed by atoms with E-state index in [1.165, 1.54) is 6.07 Å². The van der Waals surface area contributed by atoms with Crippen LogP contribution >= 0.6 is 0 Å². The number of carbonyl (C=O) groups is 1. The quantitative estimate of drug-likeness (QED) is 0.146. The fourth-order valence-electron chi connectivity index (χ4n) is 8.22. The molecule has 2 aliphatic rings. The van der Waals surface area contributed by atoms with Crippen LogP contribution in [0.3, 0.4) is 0 Å². The maximum absolute atomic E-state index is 16.5. The largest absolute Gasteiger partial charge is 0.497 e. The molecule has 1 aliphatic carbocycles. The number of ether oxygens (including phenoxy) is 4. The Labute approximate surface area is 319 Å². The summed E-state index contributed by atoms with van der Waals surface area (Å²) >= 11 is 0. The van der Waals surface area contributed by atoms with E-state index in [0.29, 0.717) is 22.6 Å². The molecule has 7 aromatic rings. The average molecular weight is 725 g/mol. The second-order valence-corrected chi connectivity index (χ2v) is 14.4. The molecule has 270 valence electrons. The molecule has 0 spiro atoms. The Morgan fingerprint density at radius 1 is 0.691 bits per heavy atom. The molecule has 9 rings (SSSR count). The number of hydrogen-bond acceptors (Lipinski definition) is 5. The predicted molar refractivity (Wildman–Crippen MR) is 213 cm³/mol. The molecule has 0 saturated heterocycles. The first-order valence-corrected chi connectivity index (χ1v) is 18.3. The lowest BCUT2D eigenvalue weighted by Gasteiger charge is -2.38. The smallest absolute Gasteiger partial charge is 0.338 e. The molecule has 0 N–H and O–H groups in total. The summed E-state index contributed by atoms with van der Waals surface area (Å²) in [6, 6.07) is 46.1. The molecule has 0 radical (unpaired) electrons. The van der Waals surface area contributed by atoms with E-state index in [9.17, 15) is 4.79 Å². The molecular formula is C49H37FO5. The van der Waals surface area contributed by atoms with Crippen LogP contribution in [0.4, 0.5) is 4.39 Å². The van der Waals surface area contributed by atoms with Crippen molar-refractivity contribution in [3.8, 4) is 34.1 Å². The minimum absolute atomic E-state index is 0.0950. The molecule has 0 bridgehead atoms. The van der Waals surface area contributed by atoms with Gasteiger partial charge in [0.05, 0.1) is 12.7 Å². The normalized spacial score (nSPS) is 16.1. The van der Waals surface area contributed by atoms with Gasteiger partial charge in [0.15, 0.2) is 5.60 Å². The minimum Gasteiger partial charge on any atom is -0.497 e. The number of hydrogen-bond donors (Lipinski definition) is 0. The zero-order chi connectivity index (χ0) is 37.7. The molecule has 0 aromatic heterocycles. The summed E-state index contributed by atoms with van der Waals surface area (Å²) in [6.07, 6.45) is 4.20. The first-order valence-electron chi connectivity index (χ1n) is 18.3. The van der Waals surface area contributed by atoms with Gasteiger partial charge in [0.25, 0.3) is 0 Å². The Morgan fingerprint density at radius 2 is 1.29 bits per heavy atom. The van der Waals surface area contributed by atoms with E-state index in [2.05, 4.69) is 12.2 Å². The number of esters is 1. The Balaban J connectivity index is 1.18. The maximum atomic E-state index is 16.5. The van der Waals surface area contributed by atoms with Crippen LogP contribution in [0.15, 0.2) is 152 Å². The first-order chi connectivity index (χ1) is 26.8. The average Bonchev–Trinajstić information content (AvgIpc) is 3.47. The highest BCUT2D eigenvalue weighted by atomic mass is 19.1. The first kappa shape index (κ1) is 34.1. The van der Waals surface area contributed by atoms with Gasteiger partial charge >= 0.3 is 5.97 Å². The lowest BCUT2D eigenvalue weighted by atomic mass is 9.76. The third-order valence-corrected chi connectivity index (χ3v) is 10.8. The summed E-state index contributed by atoms with van der Waals surface area (Å²) in [5, 5.41) is 1.78. The van der Waals surface area contributed by atoms with Crippen LogP contribution in [0, 0.1) is 5.82 Å². The van der Waals surface area contributed by atoms with Crippen molar-refractivity contribution < 1.29 is 28.1 Å². The van der Waals surface area contributed by atoms with Crippen molar-refractivity contribution in [2.45, 2.75) is 31.5 Å². The van der Waals surface area contributed by atoms with Crippen molar-refractivity contribution >= 4 is 22.8 Å². The zero-order valence-electron chi connectivity index (χ0n) is 30.6. The molecular weight excluding hydrogens is 688 g/mol. The molecule has 7 aromatic carbocycles. The van der Waals surface area contributed by atoms with Crippen LogP contribution < -0.4 is 14.2 Å². The second-order valence-electron chi connectivity index (χ2n) is 14.4. The Morgan fingerprint density at radius 3 is 1.96 bits per heavy atom. The lowest BCUT2D eigenvalue weighted by Crippen LogP contribution is -2.35. The van der Waals surface area contributed by atoms with Crippen LogP contribution in [-0.2, 0) is 22.4 Å². The Kier molecular flexibility index (Phi) is 8.27. The van der Waals surface area contributed by atoms with Crippen molar-refractivity contribution in [1.82, 2.24) is 0 Å². The number of carbonyl (C=O) groups excluding carboxylic acids is 1. The predicted octanol–water partition coefficient (Wildman–Crippen LogP) is 11.8. The Bertz CT molecular complexity index is 2610. The van der Waals surface area contributed by atoms with E-state index in [4.69, 9.17) is 18.9 Å². The molecule has 5 nitrogen and oxygen atoms in total. The van der Waals surface area contributed by atoms with Crippen molar-refractivity contribution in [1.29, 1.82) is 0 Å². The van der Waals surface area contributed by atoms with Gasteiger partial charge in [0.2, 0.25) is 0 Å². The van der Waals surface area contributed by atoms with E-state index < -0.39 is 22.8 Å². The van der Waals surface area contributed by atoms with E-state index >= 15 is 4.39 Å². The second kappa shape index (κ2) is 13.3. The summed E-state index contributed by atoms with van der Waals surface area (Å²) in [5.74, 6) is 1.86. The Hall–Kier alpha value is -6.66. The van der Waals surface area contributed by atoms with Gasteiger partial charge in [-0.2, -0.15) is 0 Å². The van der Waals surface area contributed by atoms with Crippen LogP contribution in [0.1, 0.15) is 57.6 Å². The molecule has 1 aliphatic heterocycles. The van der Waals surface area contributed by atoms with Gasteiger partial charge in [-0.15, -0.1) is 0 Å². The summed E-state index contributed by atoms with van der Waals surface area (Å²) in [7, 11) is 1.65. The molecule has 1 atom stereocenters. The third-order valence-electron chi connectivity index (χ3n) is 10.8. The monoisotopic (exact) mass is 724 g/mol. The van der Waals surface area contributed by atoms with Gasteiger partial charge in [-0.3, -0.25) is 0 Å². The zero-order valence-corrected chi connectivity index (χ0v) is 30.6. The highest BCUT2D eigenvalue weighted by Crippen LogP contribution is 2.59. The van der Waals surface area contributed by atoms with E-state index in [1.54, 1.807) is 13.2 Å². The summed E-state index contributed by atoms with van der Waals surface area (Å²) in [6.45, 7) is 4.17. The highest BCUT2D eigenvalue weighted by Gasteiger charge is 2.46. The number of halogens is 1. The van der Waals surface area contributed by atoms with Crippen molar-refractivity contribution in [2.24, 2.45) is 0 Å². The number of benzene rings is 7. The maximum Gasteiger partial charge on any atom is 0.338 e. The van der Waals surface area contributed by atoms with Crippen molar-refractivity contribution in [2.75, 3.05) is 7.11 Å². The van der Waals surface area contributed by atoms with Gasteiger partial charge in [-0.1, -0.05) is 117 Å². The molecule has 0 fully saturated rings. The van der Waals surface area contributed by atoms with Crippen LogP contribution in [0.25, 0.3) is 28.0 Å². The van der Waals surface area contributed by atoms with Crippen LogP contribution in [0.5, 0.6) is 23.0 Å². The molecule has 1 heterocycles. The van der Waals surface area contributed by atoms with Gasteiger partial charge < -0.3 is 18.9 Å². The van der Waals surface area contributed by atoms with E-state index in [-0.39, 0.29) is 12.2 Å². The van der Waals surface area contributed by atoms with Crippen LogP contribution in [0.2, 0.25) is 0 Å². The molecule has 1 unspecified atom stereocenters. The number of para-hydroxylation sites is 1. The topological polar surface area (TPSA) is 54.0 Å². The number of fused-ring (bicyclic) bond motifs is 8. The van der Waals surface area contributed by atoms with Crippen LogP contribution in [-0.4, -0.2) is 13.1 Å². The highest BCUT2D eigenvalue weighted by molar-refractivity contribution is 6.09. The summed E-state index contributed by atoms with van der Waals surface area (Å²) in [5.41, 5.74) is 4.96. The SMILES string of the molecule is COc1ccc(C2(c3ccc(Oc4ccccc4)cc3)C=Cc3c4c(c5ccccc5c3O2)-c2cc(C(=O)OCc3ccccc3)cc(F)c2C4(C)C)cc1. The molecule has 0 amide bonds. The third kappa shape index (κ3) is 5.73. The summed E-state index contributed by atoms with van der Waals surface area (Å²) < 4.78 is 41.2. The molecule has 55 heavy (non-hydrogen) atoms. The van der Waals surface area contributed by atoms with E-state index in [0.717, 1.165) is 55.7 Å². The summed E-state index contributed by atoms with van der Waals surface area (Å²) in [4.78, 5) is 13.4. The van der Waals surface area contributed by atoms with Crippen molar-refractivity contribution in [3.63, 3.8) is 0 Å². The van der Waals surface area contributed by atoms with Gasteiger partial charge in [0, 0.05) is 33.1 Å². The lowest BCUT2D eigenvalue weighted by molar-refractivity contribution is 0.0472. The van der Waals surface area contributed by atoms with Gasteiger partial charge in [-0.25, -0.2) is 9.18 Å². The number of rotatable bonds is 8. The van der Waals surface area contributed by atoms with E-state index in [1.807, 2.05) is 147 Å². The van der Waals surface area contributed by atoms with Crippen molar-refractivity contribution in [3.05, 3.63) is 196 Å². The van der Waals surface area contributed by atoms with Gasteiger partial charge in [0.1, 0.15) is 35.4 Å². The van der Waals surface area contributed by atoms with Gasteiger partial charge in [-0.05, 0) is 82.2 Å². The molecule has 0 saturated carbocycles. The standard InChI is InChI=1S/C49H37FO5/c1-48(2)44-41(28-32(29-42(44)50)47(51)53-30-31-12-6-4-7-13-31)43-38-16-10-11-17-39(38)46-40(45(43)48)26-27-49(55-46,33-18-22-35(52-3)23-19-33)34-20-24-37(25-21-34)54-36-14-8-5-9-15-36/h4-29H,30H2,1-3H3. The molecule has 6 heteroatoms. The fraction of sp³-hybridized carbons (Fsp3) is 0.122.